The smallest absolute Gasteiger partial charge is 0.123 e. The van der Waals surface area contributed by atoms with Crippen molar-refractivity contribution in [2.75, 3.05) is 13.2 Å². The highest BCUT2D eigenvalue weighted by molar-refractivity contribution is 7.09. The van der Waals surface area contributed by atoms with E-state index >= 15 is 0 Å². The third kappa shape index (κ3) is 5.95. The largest absolute Gasteiger partial charge is 0.491 e. The Kier molecular flexibility index (Phi) is 6.77. The SMILES string of the molecule is O[C@H](COc1ccccc1)CN(Cc1ccc(F)cc1)Cc1cccs1. The number of rotatable bonds is 9. The summed E-state index contributed by atoms with van der Waals surface area (Å²) in [7, 11) is 0. The fraction of sp³-hybridized carbons (Fsp3) is 0.238. The van der Waals surface area contributed by atoms with Gasteiger partial charge >= 0.3 is 0 Å². The summed E-state index contributed by atoms with van der Waals surface area (Å²) in [5, 5.41) is 12.5. The van der Waals surface area contributed by atoms with Crippen LogP contribution in [0.2, 0.25) is 0 Å². The van der Waals surface area contributed by atoms with Gasteiger partial charge in [-0.1, -0.05) is 36.4 Å². The molecule has 0 aliphatic carbocycles. The van der Waals surface area contributed by atoms with Crippen LogP contribution in [0.3, 0.4) is 0 Å². The third-order valence-electron chi connectivity index (χ3n) is 3.93. The highest BCUT2D eigenvalue weighted by Crippen LogP contribution is 2.16. The predicted octanol–water partition coefficient (Wildman–Crippen LogP) is 4.33. The van der Waals surface area contributed by atoms with Crippen molar-refractivity contribution in [1.29, 1.82) is 0 Å². The van der Waals surface area contributed by atoms with Gasteiger partial charge in [0.1, 0.15) is 24.3 Å². The van der Waals surface area contributed by atoms with Gasteiger partial charge in [0.05, 0.1) is 0 Å². The lowest BCUT2D eigenvalue weighted by Gasteiger charge is -2.25. The molecule has 3 nitrogen and oxygen atoms in total. The third-order valence-corrected chi connectivity index (χ3v) is 4.79. The molecule has 136 valence electrons. The van der Waals surface area contributed by atoms with Crippen molar-refractivity contribution >= 4 is 11.3 Å². The Bertz CT molecular complexity index is 762. The van der Waals surface area contributed by atoms with Crippen molar-refractivity contribution in [3.63, 3.8) is 0 Å². The maximum Gasteiger partial charge on any atom is 0.123 e. The molecule has 3 rings (SSSR count). The van der Waals surface area contributed by atoms with Crippen LogP contribution in [0.5, 0.6) is 5.75 Å². The minimum Gasteiger partial charge on any atom is -0.491 e. The number of thiophene rings is 1. The summed E-state index contributed by atoms with van der Waals surface area (Å²) < 4.78 is 18.8. The van der Waals surface area contributed by atoms with Gasteiger partial charge in [-0.15, -0.1) is 11.3 Å². The number of benzene rings is 2. The number of halogens is 1. The average molecular weight is 371 g/mol. The molecule has 3 aromatic rings. The number of hydrogen-bond donors (Lipinski definition) is 1. The summed E-state index contributed by atoms with van der Waals surface area (Å²) in [4.78, 5) is 3.38. The van der Waals surface area contributed by atoms with E-state index in [9.17, 15) is 9.50 Å². The molecule has 1 aromatic heterocycles. The molecule has 0 bridgehead atoms. The molecule has 5 heteroatoms. The normalized spacial score (nSPS) is 12.3. The number of para-hydroxylation sites is 1. The maximum absolute atomic E-state index is 13.1. The van der Waals surface area contributed by atoms with E-state index in [2.05, 4.69) is 11.0 Å². The first-order valence-corrected chi connectivity index (χ1v) is 9.42. The lowest BCUT2D eigenvalue weighted by molar-refractivity contribution is 0.0632. The summed E-state index contributed by atoms with van der Waals surface area (Å²) in [5.74, 6) is 0.504. The Labute approximate surface area is 157 Å². The molecule has 0 fully saturated rings. The van der Waals surface area contributed by atoms with E-state index in [1.54, 1.807) is 23.5 Å². The average Bonchev–Trinajstić information content (AvgIpc) is 3.16. The van der Waals surface area contributed by atoms with Crippen LogP contribution in [0.25, 0.3) is 0 Å². The quantitative estimate of drug-likeness (QED) is 0.608. The number of nitrogens with zero attached hydrogens (tertiary/aromatic N) is 1. The van der Waals surface area contributed by atoms with Gasteiger partial charge in [-0.25, -0.2) is 4.39 Å². The van der Waals surface area contributed by atoms with E-state index in [1.165, 1.54) is 17.0 Å². The molecule has 1 heterocycles. The van der Waals surface area contributed by atoms with Crippen molar-refractivity contribution in [3.8, 4) is 5.75 Å². The van der Waals surface area contributed by atoms with Crippen LogP contribution in [0.15, 0.2) is 72.1 Å². The summed E-state index contributed by atoms with van der Waals surface area (Å²) in [6, 6.07) is 20.1. The van der Waals surface area contributed by atoms with Crippen LogP contribution in [0.4, 0.5) is 4.39 Å². The van der Waals surface area contributed by atoms with Crippen molar-refractivity contribution in [3.05, 3.63) is 88.4 Å². The summed E-state index contributed by atoms with van der Waals surface area (Å²) in [5.41, 5.74) is 1.01. The van der Waals surface area contributed by atoms with Gasteiger partial charge in [0.15, 0.2) is 0 Å². The van der Waals surface area contributed by atoms with Crippen molar-refractivity contribution in [2.24, 2.45) is 0 Å². The molecule has 0 unspecified atom stereocenters. The number of aliphatic hydroxyl groups is 1. The second-order valence-electron chi connectivity index (χ2n) is 6.15. The van der Waals surface area contributed by atoms with Gasteiger partial charge in [0.25, 0.3) is 0 Å². The predicted molar refractivity (Wildman–Crippen MR) is 103 cm³/mol. The maximum atomic E-state index is 13.1. The molecule has 1 atom stereocenters. The van der Waals surface area contributed by atoms with E-state index in [0.29, 0.717) is 13.1 Å². The van der Waals surface area contributed by atoms with Gasteiger partial charge in [-0.3, -0.25) is 4.90 Å². The second kappa shape index (κ2) is 9.48. The van der Waals surface area contributed by atoms with E-state index in [-0.39, 0.29) is 12.4 Å². The van der Waals surface area contributed by atoms with Crippen LogP contribution in [-0.4, -0.2) is 29.3 Å². The highest BCUT2D eigenvalue weighted by atomic mass is 32.1. The van der Waals surface area contributed by atoms with Gasteiger partial charge in [0, 0.05) is 24.5 Å². The van der Waals surface area contributed by atoms with Crippen LogP contribution < -0.4 is 4.74 Å². The molecule has 0 aliphatic rings. The molecule has 26 heavy (non-hydrogen) atoms. The van der Waals surface area contributed by atoms with E-state index in [0.717, 1.165) is 17.9 Å². The zero-order chi connectivity index (χ0) is 18.2. The van der Waals surface area contributed by atoms with Gasteiger partial charge < -0.3 is 9.84 Å². The Morgan fingerprint density at radius 1 is 0.962 bits per heavy atom. The second-order valence-corrected chi connectivity index (χ2v) is 7.19. The Morgan fingerprint density at radius 3 is 2.42 bits per heavy atom. The molecule has 2 aromatic carbocycles. The Morgan fingerprint density at radius 2 is 1.73 bits per heavy atom. The first-order valence-electron chi connectivity index (χ1n) is 8.54. The van der Waals surface area contributed by atoms with E-state index in [4.69, 9.17) is 4.74 Å². The number of hydrogen-bond acceptors (Lipinski definition) is 4. The topological polar surface area (TPSA) is 32.7 Å². The summed E-state index contributed by atoms with van der Waals surface area (Å²) in [6.45, 7) is 2.08. The van der Waals surface area contributed by atoms with Crippen LogP contribution in [0, 0.1) is 5.82 Å². The van der Waals surface area contributed by atoms with Gasteiger partial charge in [-0.05, 0) is 41.3 Å². The summed E-state index contributed by atoms with van der Waals surface area (Å²) >= 11 is 1.69. The summed E-state index contributed by atoms with van der Waals surface area (Å²) in [6.07, 6.45) is -0.615. The fourth-order valence-corrected chi connectivity index (χ4v) is 3.46. The molecule has 0 amide bonds. The van der Waals surface area contributed by atoms with Gasteiger partial charge in [0.2, 0.25) is 0 Å². The number of aliphatic hydroxyl groups excluding tert-OH is 1. The van der Waals surface area contributed by atoms with Crippen LogP contribution >= 0.6 is 11.3 Å². The Hall–Kier alpha value is -2.21. The molecular weight excluding hydrogens is 349 g/mol. The molecule has 0 saturated carbocycles. The fourth-order valence-electron chi connectivity index (χ4n) is 2.72. The van der Waals surface area contributed by atoms with Crippen LogP contribution in [-0.2, 0) is 13.1 Å². The van der Waals surface area contributed by atoms with Crippen molar-refractivity contribution in [2.45, 2.75) is 19.2 Å². The first-order chi connectivity index (χ1) is 12.7. The molecule has 1 N–H and O–H groups in total. The van der Waals surface area contributed by atoms with Gasteiger partial charge in [-0.2, -0.15) is 0 Å². The zero-order valence-electron chi connectivity index (χ0n) is 14.4. The van der Waals surface area contributed by atoms with E-state index < -0.39 is 6.10 Å². The zero-order valence-corrected chi connectivity index (χ0v) is 15.2. The molecule has 0 radical (unpaired) electrons. The van der Waals surface area contributed by atoms with Crippen molar-refractivity contribution in [1.82, 2.24) is 4.90 Å². The molecular formula is C21H22FNO2S. The Balaban J connectivity index is 1.59. The molecule has 0 spiro atoms. The lowest BCUT2D eigenvalue weighted by Crippen LogP contribution is -2.34. The highest BCUT2D eigenvalue weighted by Gasteiger charge is 2.14. The molecule has 0 saturated heterocycles. The number of ether oxygens (including phenoxy) is 1. The minimum absolute atomic E-state index is 0.231. The molecule has 0 aliphatic heterocycles. The van der Waals surface area contributed by atoms with Crippen molar-refractivity contribution < 1.29 is 14.2 Å². The van der Waals surface area contributed by atoms with E-state index in [1.807, 2.05) is 41.8 Å². The minimum atomic E-state index is -0.615. The lowest BCUT2D eigenvalue weighted by atomic mass is 10.2. The monoisotopic (exact) mass is 371 g/mol. The first kappa shape index (κ1) is 18.6. The van der Waals surface area contributed by atoms with Crippen LogP contribution in [0.1, 0.15) is 10.4 Å². The standard InChI is InChI=1S/C21H22FNO2S/c22-18-10-8-17(9-11-18)13-23(15-21-7-4-12-26-21)14-19(24)16-25-20-5-2-1-3-6-20/h1-12,19,24H,13-16H2/t19-/m0/s1.